The van der Waals surface area contributed by atoms with Crippen molar-refractivity contribution in [1.82, 2.24) is 14.7 Å². The molecule has 1 aliphatic rings. The SMILES string of the molecule is CCOc1ccc(-c2nn(-c3ccccc3)cc2C=C2SC(=S)N(C)C2=O)cc1Cl. The lowest BCUT2D eigenvalue weighted by Crippen LogP contribution is -2.22. The zero-order valence-electron chi connectivity index (χ0n) is 16.3. The number of aromatic nitrogens is 2. The van der Waals surface area contributed by atoms with Gasteiger partial charge in [0.05, 0.1) is 22.2 Å². The molecule has 0 aliphatic carbocycles. The summed E-state index contributed by atoms with van der Waals surface area (Å²) in [6.07, 6.45) is 3.73. The second-order valence-electron chi connectivity index (χ2n) is 6.53. The van der Waals surface area contributed by atoms with Crippen molar-refractivity contribution in [3.63, 3.8) is 0 Å². The quantitative estimate of drug-likeness (QED) is 0.379. The molecule has 2 aromatic carbocycles. The van der Waals surface area contributed by atoms with Crippen molar-refractivity contribution >= 4 is 51.9 Å². The zero-order chi connectivity index (χ0) is 21.3. The molecule has 0 atom stereocenters. The molecule has 0 unspecified atom stereocenters. The normalized spacial score (nSPS) is 15.3. The van der Waals surface area contributed by atoms with Gasteiger partial charge in [0.2, 0.25) is 0 Å². The highest BCUT2D eigenvalue weighted by atomic mass is 35.5. The number of likely N-dealkylation sites (N-methyl/N-ethyl adjacent to an activating group) is 1. The number of carbonyl (C=O) groups excluding carboxylic acids is 1. The number of amides is 1. The van der Waals surface area contributed by atoms with Crippen LogP contribution < -0.4 is 4.74 Å². The fraction of sp³-hybridized carbons (Fsp3) is 0.136. The molecule has 0 bridgehead atoms. The third-order valence-electron chi connectivity index (χ3n) is 4.54. The van der Waals surface area contributed by atoms with E-state index in [1.807, 2.05) is 67.7 Å². The molecule has 0 radical (unpaired) electrons. The van der Waals surface area contributed by atoms with E-state index in [2.05, 4.69) is 0 Å². The summed E-state index contributed by atoms with van der Waals surface area (Å²) in [7, 11) is 1.68. The van der Waals surface area contributed by atoms with E-state index in [-0.39, 0.29) is 5.91 Å². The first-order chi connectivity index (χ1) is 14.5. The first-order valence-electron chi connectivity index (χ1n) is 9.27. The molecule has 1 aromatic heterocycles. The maximum absolute atomic E-state index is 12.5. The maximum Gasteiger partial charge on any atom is 0.265 e. The van der Waals surface area contributed by atoms with Crippen LogP contribution in [0.2, 0.25) is 5.02 Å². The number of hydrogen-bond acceptors (Lipinski definition) is 5. The van der Waals surface area contributed by atoms with Crippen molar-refractivity contribution in [3.05, 3.63) is 70.2 Å². The lowest BCUT2D eigenvalue weighted by molar-refractivity contribution is -0.121. The summed E-state index contributed by atoms with van der Waals surface area (Å²) in [6.45, 7) is 2.44. The van der Waals surface area contributed by atoms with Crippen molar-refractivity contribution < 1.29 is 9.53 Å². The van der Waals surface area contributed by atoms with Gasteiger partial charge in [-0.05, 0) is 43.3 Å². The van der Waals surface area contributed by atoms with Crippen LogP contribution in [0.5, 0.6) is 5.75 Å². The number of nitrogens with zero attached hydrogens (tertiary/aromatic N) is 3. The molecule has 2 heterocycles. The number of halogens is 1. The number of thioether (sulfide) groups is 1. The first-order valence-corrected chi connectivity index (χ1v) is 10.9. The van der Waals surface area contributed by atoms with Crippen molar-refractivity contribution in [2.45, 2.75) is 6.92 Å². The molecular weight excluding hydrogens is 438 g/mol. The summed E-state index contributed by atoms with van der Waals surface area (Å²) >= 11 is 12.9. The number of hydrogen-bond donors (Lipinski definition) is 0. The molecule has 1 saturated heterocycles. The number of ether oxygens (including phenoxy) is 1. The van der Waals surface area contributed by atoms with Crippen molar-refractivity contribution in [1.29, 1.82) is 0 Å². The highest BCUT2D eigenvalue weighted by Gasteiger charge is 2.29. The lowest BCUT2D eigenvalue weighted by atomic mass is 10.1. The van der Waals surface area contributed by atoms with Crippen molar-refractivity contribution in [2.75, 3.05) is 13.7 Å². The third-order valence-corrected chi connectivity index (χ3v) is 6.32. The fourth-order valence-electron chi connectivity index (χ4n) is 3.04. The Hall–Kier alpha value is -2.61. The van der Waals surface area contributed by atoms with Gasteiger partial charge in [0.1, 0.15) is 15.8 Å². The van der Waals surface area contributed by atoms with Crippen molar-refractivity contribution in [3.8, 4) is 22.7 Å². The van der Waals surface area contributed by atoms with Crippen LogP contribution in [0.15, 0.2) is 59.6 Å². The van der Waals surface area contributed by atoms with E-state index in [1.54, 1.807) is 11.7 Å². The van der Waals surface area contributed by atoms with Gasteiger partial charge in [-0.15, -0.1) is 0 Å². The smallest absolute Gasteiger partial charge is 0.265 e. The minimum absolute atomic E-state index is 0.117. The Morgan fingerprint density at radius 1 is 1.23 bits per heavy atom. The van der Waals surface area contributed by atoms with Gasteiger partial charge in [-0.25, -0.2) is 4.68 Å². The van der Waals surface area contributed by atoms with Gasteiger partial charge in [-0.3, -0.25) is 9.69 Å². The van der Waals surface area contributed by atoms with Gasteiger partial charge in [0, 0.05) is 24.4 Å². The number of rotatable bonds is 5. The van der Waals surface area contributed by atoms with Crippen LogP contribution in [0, 0.1) is 0 Å². The predicted octanol–water partition coefficient (Wildman–Crippen LogP) is 5.42. The monoisotopic (exact) mass is 455 g/mol. The molecule has 152 valence electrons. The molecular formula is C22H18ClN3O2S2. The second-order valence-corrected chi connectivity index (χ2v) is 8.62. The Labute approximate surface area is 189 Å². The van der Waals surface area contributed by atoms with Crippen LogP contribution in [0.3, 0.4) is 0 Å². The molecule has 1 aliphatic heterocycles. The highest BCUT2D eigenvalue weighted by molar-refractivity contribution is 8.26. The Bertz CT molecular complexity index is 1160. The maximum atomic E-state index is 12.5. The number of thiocarbonyl (C=S) groups is 1. The Kier molecular flexibility index (Phi) is 5.94. The van der Waals surface area contributed by atoms with E-state index >= 15 is 0 Å². The minimum atomic E-state index is -0.117. The van der Waals surface area contributed by atoms with Crippen LogP contribution in [-0.4, -0.2) is 38.6 Å². The number of para-hydroxylation sites is 1. The molecule has 0 saturated carbocycles. The van der Waals surface area contributed by atoms with Gasteiger partial charge < -0.3 is 4.74 Å². The fourth-order valence-corrected chi connectivity index (χ4v) is 4.44. The molecule has 4 rings (SSSR count). The molecule has 1 amide bonds. The van der Waals surface area contributed by atoms with E-state index in [0.29, 0.717) is 32.3 Å². The lowest BCUT2D eigenvalue weighted by Gasteiger charge is -2.07. The van der Waals surface area contributed by atoms with Gasteiger partial charge in [0.25, 0.3) is 5.91 Å². The van der Waals surface area contributed by atoms with E-state index < -0.39 is 0 Å². The average Bonchev–Trinajstić information content (AvgIpc) is 3.27. The van der Waals surface area contributed by atoms with Crippen LogP contribution in [-0.2, 0) is 4.79 Å². The van der Waals surface area contributed by atoms with E-state index in [4.69, 9.17) is 33.7 Å². The van der Waals surface area contributed by atoms with Gasteiger partial charge >= 0.3 is 0 Å². The van der Waals surface area contributed by atoms with Crippen LogP contribution in [0.4, 0.5) is 0 Å². The minimum Gasteiger partial charge on any atom is -0.492 e. The number of carbonyl (C=O) groups is 1. The molecule has 0 N–H and O–H groups in total. The molecule has 0 spiro atoms. The summed E-state index contributed by atoms with van der Waals surface area (Å²) in [5.41, 5.74) is 3.26. The first kappa shape index (κ1) is 20.7. The molecule has 1 fully saturated rings. The largest absolute Gasteiger partial charge is 0.492 e. The summed E-state index contributed by atoms with van der Waals surface area (Å²) in [4.78, 5) is 14.5. The summed E-state index contributed by atoms with van der Waals surface area (Å²) in [6, 6.07) is 15.4. The van der Waals surface area contributed by atoms with Gasteiger partial charge in [-0.2, -0.15) is 5.10 Å². The van der Waals surface area contributed by atoms with E-state index in [0.717, 1.165) is 16.8 Å². The Morgan fingerprint density at radius 2 is 2.00 bits per heavy atom. The topological polar surface area (TPSA) is 47.4 Å². The van der Waals surface area contributed by atoms with Gasteiger partial charge in [-0.1, -0.05) is 53.8 Å². The number of benzene rings is 2. The van der Waals surface area contributed by atoms with Crippen LogP contribution >= 0.6 is 35.6 Å². The zero-order valence-corrected chi connectivity index (χ0v) is 18.7. The van der Waals surface area contributed by atoms with Crippen LogP contribution in [0.25, 0.3) is 23.0 Å². The third kappa shape index (κ3) is 4.01. The molecule has 8 heteroatoms. The summed E-state index contributed by atoms with van der Waals surface area (Å²) in [5.74, 6) is 0.506. The molecule has 30 heavy (non-hydrogen) atoms. The molecule has 3 aromatic rings. The summed E-state index contributed by atoms with van der Waals surface area (Å²) in [5, 5.41) is 5.29. The second kappa shape index (κ2) is 8.63. The molecule has 5 nitrogen and oxygen atoms in total. The highest BCUT2D eigenvalue weighted by Crippen LogP contribution is 2.36. The van der Waals surface area contributed by atoms with Gasteiger partial charge in [0.15, 0.2) is 0 Å². The Balaban J connectivity index is 1.83. The predicted molar refractivity (Wildman–Crippen MR) is 126 cm³/mol. The van der Waals surface area contributed by atoms with E-state index in [1.165, 1.54) is 16.7 Å². The Morgan fingerprint density at radius 3 is 2.63 bits per heavy atom. The standard InChI is InChI=1S/C22H18ClN3O2S2/c1-3-28-18-10-9-14(11-17(18)23)20-15(12-19-21(27)25(2)22(29)30-19)13-26(24-20)16-7-5-4-6-8-16/h4-13H,3H2,1-2H3. The summed E-state index contributed by atoms with van der Waals surface area (Å²) < 4.78 is 7.86. The van der Waals surface area contributed by atoms with Crippen LogP contribution in [0.1, 0.15) is 12.5 Å². The van der Waals surface area contributed by atoms with E-state index in [9.17, 15) is 4.79 Å². The average molecular weight is 456 g/mol. The van der Waals surface area contributed by atoms with Crippen molar-refractivity contribution in [2.24, 2.45) is 0 Å².